The lowest BCUT2D eigenvalue weighted by molar-refractivity contribution is -0.384. The Morgan fingerprint density at radius 3 is 2.56 bits per heavy atom. The minimum absolute atomic E-state index is 0.0179. The fourth-order valence-corrected chi connectivity index (χ4v) is 3.72. The van der Waals surface area contributed by atoms with Gasteiger partial charge in [0.25, 0.3) is 11.6 Å². The number of hydrogen-bond acceptors (Lipinski definition) is 4. The van der Waals surface area contributed by atoms with E-state index in [2.05, 4.69) is 34.8 Å². The molecular weight excluding hydrogens is 457 g/mol. The van der Waals surface area contributed by atoms with Gasteiger partial charge >= 0.3 is 0 Å². The molecular formula is C20H22IN3O3. The van der Waals surface area contributed by atoms with Gasteiger partial charge in [0.1, 0.15) is 5.69 Å². The summed E-state index contributed by atoms with van der Waals surface area (Å²) in [6.07, 6.45) is 2.04. The molecule has 1 saturated heterocycles. The monoisotopic (exact) mass is 479 g/mol. The van der Waals surface area contributed by atoms with Crippen LogP contribution in [0.5, 0.6) is 0 Å². The third-order valence-corrected chi connectivity index (χ3v) is 6.15. The number of aryl methyl sites for hydroxylation is 1. The van der Waals surface area contributed by atoms with Crippen LogP contribution >= 0.6 is 22.6 Å². The third-order valence-electron chi connectivity index (χ3n) is 4.99. The maximum atomic E-state index is 12.6. The van der Waals surface area contributed by atoms with Crippen molar-refractivity contribution in [1.29, 1.82) is 0 Å². The second-order valence-electron chi connectivity index (χ2n) is 7.05. The van der Waals surface area contributed by atoms with Crippen molar-refractivity contribution < 1.29 is 9.72 Å². The molecule has 0 saturated carbocycles. The number of halogens is 1. The van der Waals surface area contributed by atoms with Gasteiger partial charge in [0.2, 0.25) is 0 Å². The summed E-state index contributed by atoms with van der Waals surface area (Å²) in [6, 6.07) is 10.4. The van der Waals surface area contributed by atoms with Crippen molar-refractivity contribution in [2.24, 2.45) is 5.92 Å². The van der Waals surface area contributed by atoms with E-state index in [9.17, 15) is 14.9 Å². The molecule has 2 aromatic carbocycles. The highest BCUT2D eigenvalue weighted by atomic mass is 127. The van der Waals surface area contributed by atoms with Gasteiger partial charge in [-0.15, -0.1) is 0 Å². The van der Waals surface area contributed by atoms with Gasteiger partial charge in [0.15, 0.2) is 0 Å². The molecule has 3 rings (SSSR count). The molecule has 0 radical (unpaired) electrons. The first-order valence-corrected chi connectivity index (χ1v) is 10.0. The molecule has 0 aliphatic carbocycles. The predicted octanol–water partition coefficient (Wildman–Crippen LogP) is 5.00. The lowest BCUT2D eigenvalue weighted by atomic mass is 9.98. The van der Waals surface area contributed by atoms with Crippen LogP contribution in [0.25, 0.3) is 0 Å². The topological polar surface area (TPSA) is 75.5 Å². The number of carbonyl (C=O) groups is 1. The van der Waals surface area contributed by atoms with E-state index >= 15 is 0 Å². The highest BCUT2D eigenvalue weighted by molar-refractivity contribution is 14.1. The Labute approximate surface area is 172 Å². The van der Waals surface area contributed by atoms with E-state index in [0.717, 1.165) is 35.1 Å². The smallest absolute Gasteiger partial charge is 0.293 e. The standard InChI is InChI=1S/C20H22IN3O3/c1-13-7-9-23(10-8-13)18-6-4-15(11-19(18)24(26)27)20(25)22-16-5-3-14(2)17(21)12-16/h3-6,11-13H,7-10H2,1-2H3,(H,22,25). The number of nitrogens with zero attached hydrogens (tertiary/aromatic N) is 2. The van der Waals surface area contributed by atoms with Gasteiger partial charge < -0.3 is 10.2 Å². The van der Waals surface area contributed by atoms with Crippen molar-refractivity contribution in [3.05, 3.63) is 61.2 Å². The Morgan fingerprint density at radius 2 is 1.93 bits per heavy atom. The van der Waals surface area contributed by atoms with Gasteiger partial charge in [-0.05, 0) is 78.1 Å². The molecule has 0 atom stereocenters. The summed E-state index contributed by atoms with van der Waals surface area (Å²) in [7, 11) is 0. The molecule has 7 heteroatoms. The first-order chi connectivity index (χ1) is 12.8. The number of nitrogens with one attached hydrogen (secondary N) is 1. The number of piperidine rings is 1. The fraction of sp³-hybridized carbons (Fsp3) is 0.350. The van der Waals surface area contributed by atoms with Crippen molar-refractivity contribution >= 4 is 45.6 Å². The van der Waals surface area contributed by atoms with Gasteiger partial charge in [-0.2, -0.15) is 0 Å². The average molecular weight is 479 g/mol. The maximum absolute atomic E-state index is 12.6. The van der Waals surface area contributed by atoms with E-state index in [0.29, 0.717) is 17.3 Å². The zero-order chi connectivity index (χ0) is 19.6. The summed E-state index contributed by atoms with van der Waals surface area (Å²) in [5, 5.41) is 14.4. The molecule has 0 unspecified atom stereocenters. The molecule has 0 bridgehead atoms. The molecule has 1 N–H and O–H groups in total. The fourth-order valence-electron chi connectivity index (χ4n) is 3.20. The van der Waals surface area contributed by atoms with E-state index < -0.39 is 4.92 Å². The van der Waals surface area contributed by atoms with E-state index in [1.165, 1.54) is 6.07 Å². The lowest BCUT2D eigenvalue weighted by Crippen LogP contribution is -2.33. The van der Waals surface area contributed by atoms with Gasteiger partial charge in [0.05, 0.1) is 4.92 Å². The number of nitro benzene ring substituents is 1. The molecule has 1 heterocycles. The van der Waals surface area contributed by atoms with E-state index in [1.54, 1.807) is 12.1 Å². The molecule has 6 nitrogen and oxygen atoms in total. The summed E-state index contributed by atoms with van der Waals surface area (Å²) in [5.41, 5.74) is 2.66. The molecule has 2 aromatic rings. The minimum atomic E-state index is -0.404. The Balaban J connectivity index is 1.83. The number of carbonyl (C=O) groups excluding carboxylic acids is 1. The van der Waals surface area contributed by atoms with Crippen molar-refractivity contribution in [2.75, 3.05) is 23.3 Å². The van der Waals surface area contributed by atoms with E-state index in [1.807, 2.05) is 30.0 Å². The van der Waals surface area contributed by atoms with Gasteiger partial charge in [-0.1, -0.05) is 13.0 Å². The quantitative estimate of drug-likeness (QED) is 0.381. The predicted molar refractivity (Wildman–Crippen MR) is 116 cm³/mol. The molecule has 0 aromatic heterocycles. The van der Waals surface area contributed by atoms with Crippen molar-refractivity contribution in [3.63, 3.8) is 0 Å². The molecule has 1 aliphatic heterocycles. The normalized spacial score (nSPS) is 14.9. The number of benzene rings is 2. The SMILES string of the molecule is Cc1ccc(NC(=O)c2ccc(N3CCC(C)CC3)c([N+](=O)[O-])c2)cc1I. The maximum Gasteiger partial charge on any atom is 0.293 e. The molecule has 1 amide bonds. The van der Waals surface area contributed by atoms with Crippen molar-refractivity contribution in [2.45, 2.75) is 26.7 Å². The van der Waals surface area contributed by atoms with Crippen LogP contribution in [0.1, 0.15) is 35.7 Å². The number of rotatable bonds is 4. The van der Waals surface area contributed by atoms with Gasteiger partial charge in [-0.25, -0.2) is 0 Å². The van der Waals surface area contributed by atoms with Crippen LogP contribution in [-0.2, 0) is 0 Å². The summed E-state index contributed by atoms with van der Waals surface area (Å²) in [6.45, 7) is 5.80. The summed E-state index contributed by atoms with van der Waals surface area (Å²) < 4.78 is 1.05. The largest absolute Gasteiger partial charge is 0.366 e. The van der Waals surface area contributed by atoms with Crippen LogP contribution in [0.2, 0.25) is 0 Å². The van der Waals surface area contributed by atoms with Crippen LogP contribution in [0.4, 0.5) is 17.1 Å². The third kappa shape index (κ3) is 4.58. The van der Waals surface area contributed by atoms with E-state index in [4.69, 9.17) is 0 Å². The van der Waals surface area contributed by atoms with Crippen LogP contribution in [0.15, 0.2) is 36.4 Å². The highest BCUT2D eigenvalue weighted by Crippen LogP contribution is 2.32. The van der Waals surface area contributed by atoms with Crippen LogP contribution in [-0.4, -0.2) is 23.9 Å². The molecule has 1 fully saturated rings. The summed E-state index contributed by atoms with van der Waals surface area (Å²) >= 11 is 2.21. The van der Waals surface area contributed by atoms with Crippen molar-refractivity contribution in [3.8, 4) is 0 Å². The highest BCUT2D eigenvalue weighted by Gasteiger charge is 2.24. The second kappa shape index (κ2) is 8.24. The average Bonchev–Trinajstić information content (AvgIpc) is 2.65. The minimum Gasteiger partial charge on any atom is -0.366 e. The Bertz CT molecular complexity index is 877. The van der Waals surface area contributed by atoms with E-state index in [-0.39, 0.29) is 17.2 Å². The molecule has 27 heavy (non-hydrogen) atoms. The Morgan fingerprint density at radius 1 is 1.22 bits per heavy atom. The zero-order valence-electron chi connectivity index (χ0n) is 15.4. The molecule has 0 spiro atoms. The number of nitro groups is 1. The zero-order valence-corrected chi connectivity index (χ0v) is 17.5. The number of hydrogen-bond donors (Lipinski definition) is 1. The van der Waals surface area contributed by atoms with Crippen molar-refractivity contribution in [1.82, 2.24) is 0 Å². The van der Waals surface area contributed by atoms with Crippen LogP contribution in [0, 0.1) is 26.5 Å². The van der Waals surface area contributed by atoms with Crippen LogP contribution < -0.4 is 10.2 Å². The molecule has 142 valence electrons. The Hall–Kier alpha value is -2.16. The Kier molecular flexibility index (Phi) is 5.98. The lowest BCUT2D eigenvalue weighted by Gasteiger charge is -2.31. The van der Waals surface area contributed by atoms with Gasteiger partial charge in [0, 0.05) is 34.0 Å². The first-order valence-electron chi connectivity index (χ1n) is 8.96. The van der Waals surface area contributed by atoms with Crippen LogP contribution in [0.3, 0.4) is 0 Å². The van der Waals surface area contributed by atoms with Gasteiger partial charge in [-0.3, -0.25) is 14.9 Å². The summed E-state index contributed by atoms with van der Waals surface area (Å²) in [5.74, 6) is 0.291. The number of anilines is 2. The molecule has 1 aliphatic rings. The summed E-state index contributed by atoms with van der Waals surface area (Å²) in [4.78, 5) is 25.8. The number of amides is 1. The second-order valence-corrected chi connectivity index (χ2v) is 8.21. The first kappa shape index (κ1) is 19.6.